The maximum absolute atomic E-state index is 12.4. The highest BCUT2D eigenvalue weighted by Gasteiger charge is 2.50. The highest BCUT2D eigenvalue weighted by molar-refractivity contribution is 5.70. The third-order valence-corrected chi connectivity index (χ3v) is 7.63. The van der Waals surface area contributed by atoms with E-state index in [0.717, 1.165) is 6.92 Å². The van der Waals surface area contributed by atoms with E-state index in [9.17, 15) is 34.2 Å². The van der Waals surface area contributed by atoms with Gasteiger partial charge in [0.05, 0.1) is 12.2 Å². The van der Waals surface area contributed by atoms with Gasteiger partial charge in [0.15, 0.2) is 11.9 Å². The van der Waals surface area contributed by atoms with Gasteiger partial charge in [0.25, 0.3) is 0 Å². The molecular weight excluding hydrogens is 552 g/mol. The second-order valence-corrected chi connectivity index (χ2v) is 11.3. The molecule has 6 atom stereocenters. The molecule has 2 bridgehead atoms. The van der Waals surface area contributed by atoms with Crippen LogP contribution in [0.2, 0.25) is 0 Å². The molecule has 12 nitrogen and oxygen atoms in total. The molecule has 234 valence electrons. The average Bonchev–Trinajstić information content (AvgIpc) is 2.83. The molecule has 2 N–H and O–H groups in total. The normalized spacial score (nSPS) is 30.9. The molecule has 0 heterocycles. The van der Waals surface area contributed by atoms with Gasteiger partial charge in [-0.05, 0) is 48.5 Å². The molecule has 0 aliphatic heterocycles. The Kier molecular flexibility index (Phi) is 11.7. The Morgan fingerprint density at radius 2 is 1.33 bits per heavy atom. The Labute approximate surface area is 245 Å². The SMILES string of the molecule is CC(=O)OC/C1=C\[C@H](OC(C)=O)[C@@H]2C[C@H](O)C(C)=C([C@@H](OC(C)=O)/C(OC(C)=O)=C(\C)[C@@H](O)C[C@H]1OC(C)=O)C2(C)C. The lowest BCUT2D eigenvalue weighted by Crippen LogP contribution is -2.48. The van der Waals surface area contributed by atoms with Crippen molar-refractivity contribution in [3.63, 3.8) is 0 Å². The van der Waals surface area contributed by atoms with Crippen molar-refractivity contribution >= 4 is 29.8 Å². The highest BCUT2D eigenvalue weighted by atomic mass is 16.6. The van der Waals surface area contributed by atoms with Gasteiger partial charge in [-0.1, -0.05) is 13.8 Å². The Morgan fingerprint density at radius 1 is 0.786 bits per heavy atom. The predicted molar refractivity (Wildman–Crippen MR) is 147 cm³/mol. The van der Waals surface area contributed by atoms with Crippen molar-refractivity contribution in [3.8, 4) is 0 Å². The van der Waals surface area contributed by atoms with Crippen LogP contribution in [0.15, 0.2) is 34.1 Å². The summed E-state index contributed by atoms with van der Waals surface area (Å²) in [6.45, 7) is 12.3. The number of esters is 5. The summed E-state index contributed by atoms with van der Waals surface area (Å²) < 4.78 is 27.9. The van der Waals surface area contributed by atoms with Gasteiger partial charge in [-0.2, -0.15) is 0 Å². The van der Waals surface area contributed by atoms with E-state index in [1.165, 1.54) is 40.7 Å². The van der Waals surface area contributed by atoms with Crippen LogP contribution in [0.5, 0.6) is 0 Å². The van der Waals surface area contributed by atoms with Crippen LogP contribution in [0.4, 0.5) is 0 Å². The van der Waals surface area contributed by atoms with E-state index in [0.29, 0.717) is 11.1 Å². The molecule has 2 rings (SSSR count). The minimum Gasteiger partial charge on any atom is -0.461 e. The van der Waals surface area contributed by atoms with Crippen LogP contribution in [0.25, 0.3) is 0 Å². The standard InChI is InChI=1S/C30H42O12/c1-14-23(36)11-22-26(40-18(5)33)10-21(13-38-16(3)31)25(39-17(4)32)12-24(37)15(2)28(41-19(6)34)29(42-20(7)35)27(14)30(22,8)9/h10,22-26,29,36-37H,11-13H2,1-9H3/b21-10+,28-15-/t22-,23-,24-,25+,26-,29+/m0/s1. The first kappa shape index (κ1) is 34.7. The summed E-state index contributed by atoms with van der Waals surface area (Å²) in [5.41, 5.74) is 0.177. The predicted octanol–water partition coefficient (Wildman–Crippen LogP) is 2.60. The first-order valence-electron chi connectivity index (χ1n) is 13.7. The van der Waals surface area contributed by atoms with E-state index in [-0.39, 0.29) is 36.4 Å². The summed E-state index contributed by atoms with van der Waals surface area (Å²) in [6.07, 6.45) is -4.76. The van der Waals surface area contributed by atoms with Crippen molar-refractivity contribution in [2.24, 2.45) is 11.3 Å². The van der Waals surface area contributed by atoms with Gasteiger partial charge < -0.3 is 33.9 Å². The number of rotatable bonds is 6. The number of fused-ring (bicyclic) bond motifs is 2. The lowest BCUT2D eigenvalue weighted by atomic mass is 9.60. The second-order valence-electron chi connectivity index (χ2n) is 11.3. The molecule has 42 heavy (non-hydrogen) atoms. The summed E-state index contributed by atoms with van der Waals surface area (Å²) in [5.74, 6) is -4.28. The van der Waals surface area contributed by atoms with Crippen LogP contribution >= 0.6 is 0 Å². The Bertz CT molecular complexity index is 1190. The lowest BCUT2D eigenvalue weighted by Gasteiger charge is -2.48. The number of aliphatic hydroxyl groups excluding tert-OH is 2. The molecule has 0 aromatic heterocycles. The number of hydrogen-bond donors (Lipinski definition) is 2. The van der Waals surface area contributed by atoms with Crippen LogP contribution < -0.4 is 0 Å². The molecule has 0 radical (unpaired) electrons. The summed E-state index contributed by atoms with van der Waals surface area (Å²) >= 11 is 0. The molecule has 2 aliphatic carbocycles. The van der Waals surface area contributed by atoms with Crippen LogP contribution in [0, 0.1) is 11.3 Å². The molecule has 0 saturated heterocycles. The third kappa shape index (κ3) is 8.51. The zero-order valence-electron chi connectivity index (χ0n) is 25.6. The van der Waals surface area contributed by atoms with E-state index in [2.05, 4.69) is 0 Å². The fraction of sp³-hybridized carbons (Fsp3) is 0.633. The van der Waals surface area contributed by atoms with Gasteiger partial charge >= 0.3 is 29.8 Å². The zero-order valence-corrected chi connectivity index (χ0v) is 25.6. The van der Waals surface area contributed by atoms with Crippen molar-refractivity contribution in [2.75, 3.05) is 6.61 Å². The molecule has 0 saturated carbocycles. The topological polar surface area (TPSA) is 172 Å². The van der Waals surface area contributed by atoms with Crippen LogP contribution in [0.3, 0.4) is 0 Å². The maximum atomic E-state index is 12.4. The van der Waals surface area contributed by atoms with Crippen molar-refractivity contribution in [3.05, 3.63) is 34.1 Å². The van der Waals surface area contributed by atoms with Gasteiger partial charge in [-0.3, -0.25) is 24.0 Å². The minimum atomic E-state index is -1.43. The lowest BCUT2D eigenvalue weighted by molar-refractivity contribution is -0.153. The Balaban J connectivity index is 3.05. The smallest absolute Gasteiger partial charge is 0.307 e. The molecule has 0 spiro atoms. The summed E-state index contributed by atoms with van der Waals surface area (Å²) in [6, 6.07) is 0. The molecule has 0 unspecified atom stereocenters. The first-order chi connectivity index (χ1) is 19.4. The molecule has 0 aromatic carbocycles. The largest absolute Gasteiger partial charge is 0.461 e. The molecule has 2 aliphatic rings. The summed E-state index contributed by atoms with van der Waals surface area (Å²) in [4.78, 5) is 61.0. The number of carbonyl (C=O) groups is 5. The third-order valence-electron chi connectivity index (χ3n) is 7.63. The van der Waals surface area contributed by atoms with Gasteiger partial charge in [0.2, 0.25) is 0 Å². The molecule has 0 amide bonds. The molecule has 0 fully saturated rings. The number of hydrogen-bond acceptors (Lipinski definition) is 12. The van der Waals surface area contributed by atoms with E-state index >= 15 is 0 Å². The maximum Gasteiger partial charge on any atom is 0.307 e. The molecule has 0 aromatic rings. The highest BCUT2D eigenvalue weighted by Crippen LogP contribution is 2.51. The van der Waals surface area contributed by atoms with Crippen molar-refractivity contribution in [1.29, 1.82) is 0 Å². The van der Waals surface area contributed by atoms with Crippen LogP contribution in [-0.2, 0) is 47.7 Å². The Morgan fingerprint density at radius 3 is 1.83 bits per heavy atom. The minimum absolute atomic E-state index is 0.102. The molecular formula is C30H42O12. The van der Waals surface area contributed by atoms with Crippen molar-refractivity contribution in [1.82, 2.24) is 0 Å². The van der Waals surface area contributed by atoms with E-state index < -0.39 is 71.7 Å². The van der Waals surface area contributed by atoms with E-state index in [1.807, 2.05) is 0 Å². The Hall–Kier alpha value is -3.51. The monoisotopic (exact) mass is 594 g/mol. The van der Waals surface area contributed by atoms with Crippen molar-refractivity contribution < 1.29 is 57.9 Å². The van der Waals surface area contributed by atoms with Gasteiger partial charge in [-0.25, -0.2) is 0 Å². The van der Waals surface area contributed by atoms with E-state index in [4.69, 9.17) is 23.7 Å². The fourth-order valence-corrected chi connectivity index (χ4v) is 5.68. The van der Waals surface area contributed by atoms with Gasteiger partial charge in [0, 0.05) is 52.5 Å². The van der Waals surface area contributed by atoms with Crippen LogP contribution in [0.1, 0.15) is 75.2 Å². The summed E-state index contributed by atoms with van der Waals surface area (Å²) in [7, 11) is 0. The average molecular weight is 595 g/mol. The van der Waals surface area contributed by atoms with Gasteiger partial charge in [-0.15, -0.1) is 0 Å². The number of aliphatic hydroxyl groups is 2. The summed E-state index contributed by atoms with van der Waals surface area (Å²) in [5, 5.41) is 22.6. The van der Waals surface area contributed by atoms with Crippen LogP contribution in [-0.4, -0.2) is 77.2 Å². The zero-order chi connectivity index (χ0) is 32.1. The number of carbonyl (C=O) groups excluding carboxylic acids is 5. The quantitative estimate of drug-likeness (QED) is 0.262. The molecule has 12 heteroatoms. The number of ether oxygens (including phenoxy) is 5. The second kappa shape index (κ2) is 14.1. The van der Waals surface area contributed by atoms with Gasteiger partial charge in [0.1, 0.15) is 18.8 Å². The van der Waals surface area contributed by atoms with Crippen molar-refractivity contribution in [2.45, 2.75) is 106 Å². The fourth-order valence-electron chi connectivity index (χ4n) is 5.68. The first-order valence-corrected chi connectivity index (χ1v) is 13.7. The van der Waals surface area contributed by atoms with E-state index in [1.54, 1.807) is 20.8 Å².